The summed E-state index contributed by atoms with van der Waals surface area (Å²) >= 11 is 3.27. The van der Waals surface area contributed by atoms with Gasteiger partial charge in [-0.3, -0.25) is 0 Å². The number of phenols is 1. The maximum absolute atomic E-state index is 13.6. The molecule has 0 aliphatic heterocycles. The molecular formula is C15H15BrFNO. The maximum Gasteiger partial charge on any atom is 0.134 e. The van der Waals surface area contributed by atoms with Crippen LogP contribution >= 0.6 is 15.9 Å². The molecule has 0 bridgehead atoms. The van der Waals surface area contributed by atoms with Gasteiger partial charge in [-0.15, -0.1) is 0 Å². The molecular weight excluding hydrogens is 309 g/mol. The molecule has 2 N–H and O–H groups in total. The number of benzene rings is 2. The summed E-state index contributed by atoms with van der Waals surface area (Å²) in [6.45, 7) is 2.37. The van der Waals surface area contributed by atoms with Crippen molar-refractivity contribution in [3.8, 4) is 5.75 Å². The van der Waals surface area contributed by atoms with Gasteiger partial charge in [-0.25, -0.2) is 4.39 Å². The average molecular weight is 324 g/mol. The Morgan fingerprint density at radius 1 is 1.21 bits per heavy atom. The van der Waals surface area contributed by atoms with E-state index in [-0.39, 0.29) is 17.6 Å². The van der Waals surface area contributed by atoms with Crippen LogP contribution < -0.4 is 5.32 Å². The lowest BCUT2D eigenvalue weighted by Gasteiger charge is -2.15. The van der Waals surface area contributed by atoms with Gasteiger partial charge < -0.3 is 10.4 Å². The highest BCUT2D eigenvalue weighted by atomic mass is 79.9. The molecule has 0 unspecified atom stereocenters. The zero-order chi connectivity index (χ0) is 13.8. The lowest BCUT2D eigenvalue weighted by molar-refractivity contribution is 0.455. The van der Waals surface area contributed by atoms with E-state index in [0.29, 0.717) is 16.6 Å². The van der Waals surface area contributed by atoms with Crippen molar-refractivity contribution < 1.29 is 9.50 Å². The van der Waals surface area contributed by atoms with Crippen molar-refractivity contribution in [2.75, 3.05) is 0 Å². The molecule has 19 heavy (non-hydrogen) atoms. The molecule has 4 heteroatoms. The Kier molecular flexibility index (Phi) is 4.56. The molecule has 0 aromatic heterocycles. The quantitative estimate of drug-likeness (QED) is 0.886. The third-order valence-corrected chi connectivity index (χ3v) is 3.68. The van der Waals surface area contributed by atoms with Crippen LogP contribution in [0.1, 0.15) is 24.1 Å². The Morgan fingerprint density at radius 2 is 1.95 bits per heavy atom. The number of aromatic hydroxyl groups is 1. The van der Waals surface area contributed by atoms with Gasteiger partial charge >= 0.3 is 0 Å². The van der Waals surface area contributed by atoms with Crippen LogP contribution in [0.3, 0.4) is 0 Å². The highest BCUT2D eigenvalue weighted by molar-refractivity contribution is 9.10. The molecule has 0 heterocycles. The first kappa shape index (κ1) is 14.0. The van der Waals surface area contributed by atoms with E-state index in [4.69, 9.17) is 0 Å². The molecule has 2 nitrogen and oxygen atoms in total. The Balaban J connectivity index is 2.07. The monoisotopic (exact) mass is 323 g/mol. The van der Waals surface area contributed by atoms with Crippen LogP contribution in [0.25, 0.3) is 0 Å². The zero-order valence-corrected chi connectivity index (χ0v) is 12.1. The normalized spacial score (nSPS) is 12.4. The predicted octanol–water partition coefficient (Wildman–Crippen LogP) is 4.14. The van der Waals surface area contributed by atoms with Crippen molar-refractivity contribution in [2.45, 2.75) is 19.5 Å². The van der Waals surface area contributed by atoms with Gasteiger partial charge in [0.25, 0.3) is 0 Å². The van der Waals surface area contributed by atoms with Crippen molar-refractivity contribution in [3.05, 3.63) is 63.9 Å². The zero-order valence-electron chi connectivity index (χ0n) is 10.5. The van der Waals surface area contributed by atoms with Gasteiger partial charge in [-0.2, -0.15) is 0 Å². The smallest absolute Gasteiger partial charge is 0.134 e. The summed E-state index contributed by atoms with van der Waals surface area (Å²) in [6.07, 6.45) is 0. The summed E-state index contributed by atoms with van der Waals surface area (Å²) in [5.41, 5.74) is 1.40. The number of halogens is 2. The summed E-state index contributed by atoms with van der Waals surface area (Å²) in [5.74, 6) is -0.00306. The maximum atomic E-state index is 13.6. The number of rotatable bonds is 4. The summed E-state index contributed by atoms with van der Waals surface area (Å²) < 4.78 is 14.3. The van der Waals surface area contributed by atoms with Crippen molar-refractivity contribution >= 4 is 15.9 Å². The van der Waals surface area contributed by atoms with Crippen LogP contribution in [-0.2, 0) is 6.54 Å². The highest BCUT2D eigenvalue weighted by Gasteiger charge is 2.11. The van der Waals surface area contributed by atoms with Gasteiger partial charge in [-0.1, -0.05) is 30.3 Å². The second kappa shape index (κ2) is 6.17. The van der Waals surface area contributed by atoms with Gasteiger partial charge in [0, 0.05) is 23.7 Å². The topological polar surface area (TPSA) is 32.3 Å². The molecule has 2 rings (SSSR count). The number of hydrogen-bond donors (Lipinski definition) is 2. The van der Waals surface area contributed by atoms with E-state index in [1.165, 1.54) is 6.07 Å². The van der Waals surface area contributed by atoms with Gasteiger partial charge in [0.15, 0.2) is 0 Å². The molecule has 0 amide bonds. The number of phenolic OH excluding ortho intramolecular Hbond substituents is 1. The third-order valence-electron chi connectivity index (χ3n) is 3.04. The molecule has 0 saturated carbocycles. The minimum atomic E-state index is -0.221. The first-order valence-corrected chi connectivity index (χ1v) is 6.83. The molecule has 0 spiro atoms. The molecule has 100 valence electrons. The minimum Gasteiger partial charge on any atom is -0.506 e. The Bertz CT molecular complexity index is 574. The number of hydrogen-bond acceptors (Lipinski definition) is 2. The molecule has 1 atom stereocenters. The van der Waals surface area contributed by atoms with Crippen LogP contribution in [0.5, 0.6) is 5.75 Å². The van der Waals surface area contributed by atoms with E-state index in [1.54, 1.807) is 18.2 Å². The molecule has 0 aliphatic rings. The Hall–Kier alpha value is -1.39. The molecule has 0 fully saturated rings. The first-order valence-electron chi connectivity index (χ1n) is 6.03. The molecule has 0 radical (unpaired) electrons. The Morgan fingerprint density at radius 3 is 2.68 bits per heavy atom. The van der Waals surface area contributed by atoms with Crippen molar-refractivity contribution in [1.82, 2.24) is 5.32 Å². The van der Waals surface area contributed by atoms with Crippen LogP contribution in [0.15, 0.2) is 46.9 Å². The van der Waals surface area contributed by atoms with Crippen molar-refractivity contribution in [2.24, 2.45) is 0 Å². The molecule has 2 aromatic carbocycles. The highest BCUT2D eigenvalue weighted by Crippen LogP contribution is 2.27. The van der Waals surface area contributed by atoms with Crippen LogP contribution in [0, 0.1) is 5.82 Å². The first-order chi connectivity index (χ1) is 9.09. The summed E-state index contributed by atoms with van der Waals surface area (Å²) in [7, 11) is 0. The fourth-order valence-corrected chi connectivity index (χ4v) is 2.31. The van der Waals surface area contributed by atoms with Gasteiger partial charge in [0.2, 0.25) is 0 Å². The summed E-state index contributed by atoms with van der Waals surface area (Å²) in [5, 5.41) is 13.1. The molecule has 0 saturated heterocycles. The van der Waals surface area contributed by atoms with Crippen LogP contribution in [0.2, 0.25) is 0 Å². The summed E-state index contributed by atoms with van der Waals surface area (Å²) in [4.78, 5) is 0. The van der Waals surface area contributed by atoms with E-state index >= 15 is 0 Å². The van der Waals surface area contributed by atoms with Crippen LogP contribution in [-0.4, -0.2) is 5.11 Å². The minimum absolute atomic E-state index is 0.125. The largest absolute Gasteiger partial charge is 0.506 e. The lowest BCUT2D eigenvalue weighted by atomic mass is 10.1. The van der Waals surface area contributed by atoms with E-state index in [0.717, 1.165) is 5.56 Å². The average Bonchev–Trinajstić information content (AvgIpc) is 2.40. The SMILES string of the molecule is C[C@@H](NCc1cccc(Br)c1O)c1ccccc1F. The van der Waals surface area contributed by atoms with E-state index < -0.39 is 0 Å². The van der Waals surface area contributed by atoms with Crippen molar-refractivity contribution in [3.63, 3.8) is 0 Å². The summed E-state index contributed by atoms with van der Waals surface area (Å²) in [6, 6.07) is 12.0. The Labute approximate surface area is 120 Å². The number of nitrogens with one attached hydrogen (secondary N) is 1. The van der Waals surface area contributed by atoms with E-state index in [1.807, 2.05) is 25.1 Å². The second-order valence-electron chi connectivity index (χ2n) is 4.37. The van der Waals surface area contributed by atoms with Gasteiger partial charge in [0.1, 0.15) is 11.6 Å². The molecule has 2 aromatic rings. The van der Waals surface area contributed by atoms with Gasteiger partial charge in [-0.05, 0) is 35.0 Å². The third kappa shape index (κ3) is 3.33. The van der Waals surface area contributed by atoms with E-state index in [2.05, 4.69) is 21.2 Å². The fourth-order valence-electron chi connectivity index (χ4n) is 1.90. The van der Waals surface area contributed by atoms with Gasteiger partial charge in [0.05, 0.1) is 4.47 Å². The second-order valence-corrected chi connectivity index (χ2v) is 5.23. The fraction of sp³-hybridized carbons (Fsp3) is 0.200. The van der Waals surface area contributed by atoms with Crippen molar-refractivity contribution in [1.29, 1.82) is 0 Å². The van der Waals surface area contributed by atoms with E-state index in [9.17, 15) is 9.50 Å². The molecule has 0 aliphatic carbocycles. The standard InChI is InChI=1S/C15H15BrFNO/c1-10(12-6-2-3-8-14(12)17)18-9-11-5-4-7-13(16)15(11)19/h2-8,10,18-19H,9H2,1H3/t10-/m1/s1. The van der Waals surface area contributed by atoms with Crippen LogP contribution in [0.4, 0.5) is 4.39 Å². The predicted molar refractivity (Wildman–Crippen MR) is 77.5 cm³/mol. The lowest BCUT2D eigenvalue weighted by Crippen LogP contribution is -2.19. The number of para-hydroxylation sites is 1.